The summed E-state index contributed by atoms with van der Waals surface area (Å²) in [4.78, 5) is 0. The lowest BCUT2D eigenvalue weighted by Crippen LogP contribution is -2.34. The first kappa shape index (κ1) is 25.4. The van der Waals surface area contributed by atoms with Crippen LogP contribution in [0.25, 0.3) is 0 Å². The predicted molar refractivity (Wildman–Crippen MR) is 120 cm³/mol. The van der Waals surface area contributed by atoms with Crippen LogP contribution < -0.4 is 0 Å². The molecule has 1 saturated heterocycles. The van der Waals surface area contributed by atoms with E-state index in [4.69, 9.17) is 9.47 Å². The second-order valence-corrected chi connectivity index (χ2v) is 10.1. The number of alkyl halides is 3. The highest BCUT2D eigenvalue weighted by atomic mass is 19.4. The van der Waals surface area contributed by atoms with Crippen LogP contribution in [0.1, 0.15) is 75.7 Å². The SMILES string of the molecule is CCCC1CCC(C2COC(c3ccc(C4C=C(F)C(C(F)(F)F)=CC4C)c(F)c3)OC2)CC1. The van der Waals surface area contributed by atoms with Crippen molar-refractivity contribution in [3.05, 3.63) is 58.7 Å². The van der Waals surface area contributed by atoms with E-state index < -0.39 is 41.5 Å². The second-order valence-electron chi connectivity index (χ2n) is 10.1. The molecular formula is C27H33F5O2. The summed E-state index contributed by atoms with van der Waals surface area (Å²) in [7, 11) is 0. The van der Waals surface area contributed by atoms with Crippen LogP contribution in [0.15, 0.2) is 41.8 Å². The fourth-order valence-corrected chi connectivity index (χ4v) is 5.75. The number of hydrogen-bond donors (Lipinski definition) is 0. The van der Waals surface area contributed by atoms with Gasteiger partial charge in [0.25, 0.3) is 0 Å². The zero-order valence-corrected chi connectivity index (χ0v) is 19.7. The Hall–Kier alpha value is -1.73. The molecule has 0 bridgehead atoms. The number of hydrogen-bond acceptors (Lipinski definition) is 2. The third kappa shape index (κ3) is 5.56. The molecule has 2 nitrogen and oxygen atoms in total. The Morgan fingerprint density at radius 1 is 0.941 bits per heavy atom. The summed E-state index contributed by atoms with van der Waals surface area (Å²) >= 11 is 0. The number of halogens is 5. The van der Waals surface area contributed by atoms with Crippen molar-refractivity contribution in [1.29, 1.82) is 0 Å². The molecule has 0 N–H and O–H groups in total. The molecule has 3 aliphatic rings. The van der Waals surface area contributed by atoms with Gasteiger partial charge in [0.2, 0.25) is 0 Å². The highest BCUT2D eigenvalue weighted by molar-refractivity contribution is 5.41. The molecule has 2 atom stereocenters. The van der Waals surface area contributed by atoms with Gasteiger partial charge in [-0.2, -0.15) is 13.2 Å². The van der Waals surface area contributed by atoms with Gasteiger partial charge in [-0.1, -0.05) is 57.7 Å². The highest BCUT2D eigenvalue weighted by Gasteiger charge is 2.40. The molecule has 1 aromatic rings. The van der Waals surface area contributed by atoms with Crippen molar-refractivity contribution in [2.24, 2.45) is 23.7 Å². The maximum absolute atomic E-state index is 15.0. The van der Waals surface area contributed by atoms with Crippen LogP contribution in [0.4, 0.5) is 22.0 Å². The zero-order chi connectivity index (χ0) is 24.5. The monoisotopic (exact) mass is 484 g/mol. The highest BCUT2D eigenvalue weighted by Crippen LogP contribution is 2.43. The summed E-state index contributed by atoms with van der Waals surface area (Å²) in [5.41, 5.74) is -0.627. The van der Waals surface area contributed by atoms with Gasteiger partial charge in [0.1, 0.15) is 11.6 Å². The van der Waals surface area contributed by atoms with Crippen LogP contribution >= 0.6 is 0 Å². The van der Waals surface area contributed by atoms with E-state index in [2.05, 4.69) is 6.92 Å². The van der Waals surface area contributed by atoms with Crippen LogP contribution in [0.3, 0.4) is 0 Å². The smallest absolute Gasteiger partial charge is 0.348 e. The van der Waals surface area contributed by atoms with Gasteiger partial charge in [-0.3, -0.25) is 0 Å². The average Bonchev–Trinajstić information content (AvgIpc) is 2.81. The number of allylic oxidation sites excluding steroid dienone is 4. The Balaban J connectivity index is 1.37. The molecule has 0 aromatic heterocycles. The summed E-state index contributed by atoms with van der Waals surface area (Å²) in [6.07, 6.45) is 3.70. The Bertz CT molecular complexity index is 906. The third-order valence-corrected chi connectivity index (χ3v) is 7.72. The molecule has 188 valence electrons. The maximum Gasteiger partial charge on any atom is 0.418 e. The van der Waals surface area contributed by atoms with Gasteiger partial charge in [-0.05, 0) is 48.3 Å². The van der Waals surface area contributed by atoms with Crippen LogP contribution in [-0.2, 0) is 9.47 Å². The normalized spacial score (nSPS) is 32.8. The van der Waals surface area contributed by atoms with E-state index in [0.29, 0.717) is 30.6 Å². The van der Waals surface area contributed by atoms with Gasteiger partial charge in [-0.25, -0.2) is 8.78 Å². The first-order chi connectivity index (χ1) is 16.2. The van der Waals surface area contributed by atoms with Crippen molar-refractivity contribution in [3.8, 4) is 0 Å². The minimum atomic E-state index is -4.77. The van der Waals surface area contributed by atoms with Gasteiger partial charge < -0.3 is 9.47 Å². The summed E-state index contributed by atoms with van der Waals surface area (Å²) in [5, 5.41) is 0. The quantitative estimate of drug-likeness (QED) is 0.393. The van der Waals surface area contributed by atoms with Crippen molar-refractivity contribution < 1.29 is 31.4 Å². The Morgan fingerprint density at radius 2 is 1.62 bits per heavy atom. The molecule has 34 heavy (non-hydrogen) atoms. The summed E-state index contributed by atoms with van der Waals surface area (Å²) in [5.74, 6) is -1.72. The number of rotatable bonds is 5. The maximum atomic E-state index is 15.0. The van der Waals surface area contributed by atoms with E-state index in [-0.39, 0.29) is 5.56 Å². The predicted octanol–water partition coefficient (Wildman–Crippen LogP) is 8.17. The first-order valence-electron chi connectivity index (χ1n) is 12.4. The molecule has 0 spiro atoms. The molecule has 4 rings (SSSR count). The van der Waals surface area contributed by atoms with E-state index in [1.165, 1.54) is 57.6 Å². The van der Waals surface area contributed by atoms with Crippen molar-refractivity contribution in [2.75, 3.05) is 13.2 Å². The van der Waals surface area contributed by atoms with Gasteiger partial charge in [0, 0.05) is 17.4 Å². The van der Waals surface area contributed by atoms with Gasteiger partial charge in [0.05, 0.1) is 18.8 Å². The minimum Gasteiger partial charge on any atom is -0.348 e. The fourth-order valence-electron chi connectivity index (χ4n) is 5.75. The Kier molecular flexibility index (Phi) is 7.82. The molecule has 2 fully saturated rings. The molecule has 7 heteroatoms. The van der Waals surface area contributed by atoms with Gasteiger partial charge >= 0.3 is 6.18 Å². The molecule has 2 unspecified atom stereocenters. The van der Waals surface area contributed by atoms with E-state index in [9.17, 15) is 22.0 Å². The molecule has 1 heterocycles. The van der Waals surface area contributed by atoms with Crippen molar-refractivity contribution >= 4 is 0 Å². The average molecular weight is 485 g/mol. The lowest BCUT2D eigenvalue weighted by atomic mass is 9.75. The second kappa shape index (κ2) is 10.5. The fraction of sp³-hybridized carbons (Fsp3) is 0.630. The van der Waals surface area contributed by atoms with Crippen molar-refractivity contribution in [3.63, 3.8) is 0 Å². The summed E-state index contributed by atoms with van der Waals surface area (Å²) in [6.45, 7) is 4.89. The lowest BCUT2D eigenvalue weighted by molar-refractivity contribution is -0.214. The standard InChI is InChI=1S/C27H33F5O2/c1-3-4-17-5-7-18(8-6-17)20-14-33-26(34-15-20)19-9-10-21(24(28)12-19)22-13-25(29)23(11-16(22)2)27(30,31)32/h9-13,16-18,20,22,26H,3-8,14-15H2,1-2H3. The van der Waals surface area contributed by atoms with E-state index >= 15 is 0 Å². The third-order valence-electron chi connectivity index (χ3n) is 7.72. The molecule has 0 radical (unpaired) electrons. The van der Waals surface area contributed by atoms with Crippen molar-refractivity contribution in [2.45, 2.75) is 70.8 Å². The zero-order valence-electron chi connectivity index (χ0n) is 19.7. The first-order valence-corrected chi connectivity index (χ1v) is 12.4. The number of benzene rings is 1. The molecule has 2 aliphatic carbocycles. The molecule has 0 amide bonds. The lowest BCUT2D eigenvalue weighted by Gasteiger charge is -2.38. The Labute approximate surface area is 198 Å². The summed E-state index contributed by atoms with van der Waals surface area (Å²) in [6, 6.07) is 4.44. The van der Waals surface area contributed by atoms with Crippen molar-refractivity contribution in [1.82, 2.24) is 0 Å². The Morgan fingerprint density at radius 3 is 2.21 bits per heavy atom. The van der Waals surface area contributed by atoms with Crippen LogP contribution in [0.2, 0.25) is 0 Å². The van der Waals surface area contributed by atoms with E-state index in [1.54, 1.807) is 6.07 Å². The topological polar surface area (TPSA) is 18.5 Å². The van der Waals surface area contributed by atoms with Crippen LogP contribution in [0, 0.1) is 29.5 Å². The molecule has 1 saturated carbocycles. The van der Waals surface area contributed by atoms with Gasteiger partial charge in [-0.15, -0.1) is 0 Å². The largest absolute Gasteiger partial charge is 0.418 e. The van der Waals surface area contributed by atoms with E-state index in [0.717, 1.165) is 18.1 Å². The molecule has 1 aliphatic heterocycles. The minimum absolute atomic E-state index is 0.154. The molecule has 1 aromatic carbocycles. The van der Waals surface area contributed by atoms with Gasteiger partial charge in [0.15, 0.2) is 6.29 Å². The number of ether oxygens (including phenoxy) is 2. The van der Waals surface area contributed by atoms with Crippen LogP contribution in [-0.4, -0.2) is 19.4 Å². The molecular weight excluding hydrogens is 451 g/mol. The van der Waals surface area contributed by atoms with E-state index in [1.807, 2.05) is 0 Å². The summed E-state index contributed by atoms with van der Waals surface area (Å²) < 4.78 is 79.9. The van der Waals surface area contributed by atoms with Crippen LogP contribution in [0.5, 0.6) is 0 Å².